The van der Waals surface area contributed by atoms with E-state index in [4.69, 9.17) is 5.73 Å². The molecule has 1 atom stereocenters. The van der Waals surface area contributed by atoms with Crippen LogP contribution < -0.4 is 5.73 Å². The summed E-state index contributed by atoms with van der Waals surface area (Å²) in [6.07, 6.45) is 0. The van der Waals surface area contributed by atoms with Crippen molar-refractivity contribution in [2.24, 2.45) is 5.73 Å². The Morgan fingerprint density at radius 1 is 1.06 bits per heavy atom. The second kappa shape index (κ2) is 6.24. The van der Waals surface area contributed by atoms with Crippen molar-refractivity contribution < 1.29 is 0 Å². The van der Waals surface area contributed by atoms with Crippen molar-refractivity contribution in [3.05, 3.63) is 57.0 Å². The molecule has 4 heteroatoms. The standard InChI is InChI=1S/C14H13Br2NS/c1-9(17)13-6-5-12(8-14(13)16)18-11-4-2-3-10(15)7-11/h2-9H,17H2,1H3/t9-/m1/s1. The molecule has 18 heavy (non-hydrogen) atoms. The molecule has 0 aromatic heterocycles. The molecule has 0 aliphatic rings. The average molecular weight is 387 g/mol. The first-order valence-corrected chi connectivity index (χ1v) is 7.95. The third-order valence-electron chi connectivity index (χ3n) is 2.49. The van der Waals surface area contributed by atoms with Gasteiger partial charge in [0.25, 0.3) is 0 Å². The largest absolute Gasteiger partial charge is 0.324 e. The van der Waals surface area contributed by atoms with Gasteiger partial charge >= 0.3 is 0 Å². The van der Waals surface area contributed by atoms with Crippen molar-refractivity contribution in [1.29, 1.82) is 0 Å². The molecule has 0 saturated carbocycles. The number of hydrogen-bond donors (Lipinski definition) is 1. The van der Waals surface area contributed by atoms with Gasteiger partial charge in [-0.2, -0.15) is 0 Å². The fourth-order valence-corrected chi connectivity index (χ4v) is 3.97. The molecule has 1 nitrogen and oxygen atoms in total. The summed E-state index contributed by atoms with van der Waals surface area (Å²) in [4.78, 5) is 2.41. The first-order chi connectivity index (χ1) is 8.56. The van der Waals surface area contributed by atoms with Gasteiger partial charge in [0, 0.05) is 24.8 Å². The Balaban J connectivity index is 2.23. The smallest absolute Gasteiger partial charge is 0.0277 e. The van der Waals surface area contributed by atoms with Gasteiger partial charge in [0.2, 0.25) is 0 Å². The topological polar surface area (TPSA) is 26.0 Å². The summed E-state index contributed by atoms with van der Waals surface area (Å²) in [5.41, 5.74) is 7.03. The molecule has 0 unspecified atom stereocenters. The van der Waals surface area contributed by atoms with Gasteiger partial charge in [0.1, 0.15) is 0 Å². The third kappa shape index (κ3) is 3.60. The highest BCUT2D eigenvalue weighted by atomic mass is 79.9. The van der Waals surface area contributed by atoms with Crippen LogP contribution in [0, 0.1) is 0 Å². The van der Waals surface area contributed by atoms with Gasteiger partial charge in [0.15, 0.2) is 0 Å². The maximum atomic E-state index is 5.89. The number of benzene rings is 2. The number of hydrogen-bond acceptors (Lipinski definition) is 2. The van der Waals surface area contributed by atoms with E-state index in [0.717, 1.165) is 14.5 Å². The van der Waals surface area contributed by atoms with Crippen molar-refractivity contribution in [2.45, 2.75) is 22.8 Å². The van der Waals surface area contributed by atoms with Gasteiger partial charge < -0.3 is 5.73 Å². The quantitative estimate of drug-likeness (QED) is 0.765. The maximum Gasteiger partial charge on any atom is 0.0277 e. The Labute approximate surface area is 128 Å². The molecule has 2 rings (SSSR count). The van der Waals surface area contributed by atoms with Crippen LogP contribution in [0.3, 0.4) is 0 Å². The highest BCUT2D eigenvalue weighted by Gasteiger charge is 2.06. The van der Waals surface area contributed by atoms with Crippen molar-refractivity contribution in [3.63, 3.8) is 0 Å². The lowest BCUT2D eigenvalue weighted by molar-refractivity contribution is 0.811. The van der Waals surface area contributed by atoms with Gasteiger partial charge in [-0.05, 0) is 42.8 Å². The monoisotopic (exact) mass is 385 g/mol. The molecule has 0 bridgehead atoms. The molecule has 2 N–H and O–H groups in total. The summed E-state index contributed by atoms with van der Waals surface area (Å²) in [5.74, 6) is 0. The second-order valence-corrected chi connectivity index (χ2v) is 6.95. The molecule has 0 amide bonds. The zero-order chi connectivity index (χ0) is 13.1. The van der Waals surface area contributed by atoms with Gasteiger partial charge in [-0.3, -0.25) is 0 Å². The maximum absolute atomic E-state index is 5.89. The molecule has 0 spiro atoms. The molecule has 0 heterocycles. The van der Waals surface area contributed by atoms with E-state index in [1.807, 2.05) is 19.1 Å². The molecule has 0 fully saturated rings. The predicted molar refractivity (Wildman–Crippen MR) is 85.0 cm³/mol. The normalized spacial score (nSPS) is 12.4. The molecular formula is C14H13Br2NS. The fourth-order valence-electron chi connectivity index (χ4n) is 1.61. The Morgan fingerprint density at radius 2 is 1.78 bits per heavy atom. The third-order valence-corrected chi connectivity index (χ3v) is 4.65. The van der Waals surface area contributed by atoms with E-state index < -0.39 is 0 Å². The van der Waals surface area contributed by atoms with Crippen LogP contribution in [0.1, 0.15) is 18.5 Å². The Hall–Kier alpha value is -0.290. The van der Waals surface area contributed by atoms with E-state index in [1.54, 1.807) is 11.8 Å². The summed E-state index contributed by atoms with van der Waals surface area (Å²) < 4.78 is 2.16. The van der Waals surface area contributed by atoms with Crippen LogP contribution in [0.15, 0.2) is 61.2 Å². The molecule has 0 radical (unpaired) electrons. The van der Waals surface area contributed by atoms with E-state index >= 15 is 0 Å². The minimum absolute atomic E-state index is 0.0456. The SMILES string of the molecule is C[C@@H](N)c1ccc(Sc2cccc(Br)c2)cc1Br. The van der Waals surface area contributed by atoms with Crippen LogP contribution >= 0.6 is 43.6 Å². The fraction of sp³-hybridized carbons (Fsp3) is 0.143. The minimum Gasteiger partial charge on any atom is -0.324 e. The Morgan fingerprint density at radius 3 is 2.39 bits per heavy atom. The average Bonchev–Trinajstić information content (AvgIpc) is 2.28. The molecule has 0 saturated heterocycles. The van der Waals surface area contributed by atoms with Crippen LogP contribution in [0.2, 0.25) is 0 Å². The molecule has 0 aliphatic heterocycles. The molecular weight excluding hydrogens is 374 g/mol. The first kappa shape index (κ1) is 14.1. The zero-order valence-electron chi connectivity index (χ0n) is 9.86. The van der Waals surface area contributed by atoms with Gasteiger partial charge in [-0.1, -0.05) is 55.8 Å². The van der Waals surface area contributed by atoms with Gasteiger partial charge in [-0.15, -0.1) is 0 Å². The lowest BCUT2D eigenvalue weighted by Gasteiger charge is -2.10. The number of nitrogens with two attached hydrogens (primary N) is 1. The molecule has 0 aliphatic carbocycles. The summed E-state index contributed by atoms with van der Waals surface area (Å²) >= 11 is 8.79. The predicted octanol–water partition coefficient (Wildman–Crippen LogP) is 5.38. The highest BCUT2D eigenvalue weighted by molar-refractivity contribution is 9.10. The second-order valence-electron chi connectivity index (χ2n) is 4.03. The van der Waals surface area contributed by atoms with Crippen molar-refractivity contribution >= 4 is 43.6 Å². The minimum atomic E-state index is 0.0456. The molecule has 94 valence electrons. The van der Waals surface area contributed by atoms with Crippen LogP contribution in [-0.2, 0) is 0 Å². The summed E-state index contributed by atoms with van der Waals surface area (Å²) in [6.45, 7) is 1.99. The van der Waals surface area contributed by atoms with E-state index in [0.29, 0.717) is 0 Å². The van der Waals surface area contributed by atoms with Crippen molar-refractivity contribution in [1.82, 2.24) is 0 Å². The molecule has 2 aromatic rings. The van der Waals surface area contributed by atoms with E-state index in [-0.39, 0.29) is 6.04 Å². The Kier molecular flexibility index (Phi) is 4.90. The van der Waals surface area contributed by atoms with E-state index in [2.05, 4.69) is 62.2 Å². The Bertz CT molecular complexity index is 555. The number of halogens is 2. The zero-order valence-corrected chi connectivity index (χ0v) is 13.8. The highest BCUT2D eigenvalue weighted by Crippen LogP contribution is 2.33. The van der Waals surface area contributed by atoms with Crippen LogP contribution in [0.4, 0.5) is 0 Å². The summed E-state index contributed by atoms with van der Waals surface area (Å²) in [7, 11) is 0. The van der Waals surface area contributed by atoms with E-state index in [9.17, 15) is 0 Å². The van der Waals surface area contributed by atoms with Gasteiger partial charge in [-0.25, -0.2) is 0 Å². The number of rotatable bonds is 3. The summed E-state index contributed by atoms with van der Waals surface area (Å²) in [5, 5.41) is 0. The molecule has 2 aromatic carbocycles. The van der Waals surface area contributed by atoms with Crippen molar-refractivity contribution in [3.8, 4) is 0 Å². The van der Waals surface area contributed by atoms with Crippen LogP contribution in [0.25, 0.3) is 0 Å². The van der Waals surface area contributed by atoms with Crippen molar-refractivity contribution in [2.75, 3.05) is 0 Å². The van der Waals surface area contributed by atoms with E-state index in [1.165, 1.54) is 9.79 Å². The lowest BCUT2D eigenvalue weighted by Crippen LogP contribution is -2.05. The van der Waals surface area contributed by atoms with Crippen LogP contribution in [0.5, 0.6) is 0 Å². The first-order valence-electron chi connectivity index (χ1n) is 5.54. The lowest BCUT2D eigenvalue weighted by atomic mass is 10.1. The summed E-state index contributed by atoms with van der Waals surface area (Å²) in [6, 6.07) is 14.6. The van der Waals surface area contributed by atoms with Gasteiger partial charge in [0.05, 0.1) is 0 Å². The van der Waals surface area contributed by atoms with Crippen LogP contribution in [-0.4, -0.2) is 0 Å².